The van der Waals surface area contributed by atoms with E-state index in [1.807, 2.05) is 11.5 Å². The van der Waals surface area contributed by atoms with E-state index in [9.17, 15) is 5.11 Å². The zero-order valence-electron chi connectivity index (χ0n) is 14.0. The predicted molar refractivity (Wildman–Crippen MR) is 101 cm³/mol. The van der Waals surface area contributed by atoms with Gasteiger partial charge in [0.05, 0.1) is 23.6 Å². The molecule has 0 bridgehead atoms. The number of aromatic nitrogens is 4. The number of ether oxygens (including phenoxy) is 1. The van der Waals surface area contributed by atoms with Crippen molar-refractivity contribution in [3.63, 3.8) is 0 Å². The molecule has 1 saturated heterocycles. The third kappa shape index (κ3) is 3.03. The Labute approximate surface area is 159 Å². The normalized spacial score (nSPS) is 25.8. The Morgan fingerprint density at radius 3 is 2.77 bits per heavy atom. The second-order valence-corrected chi connectivity index (χ2v) is 7.93. The van der Waals surface area contributed by atoms with Gasteiger partial charge in [0, 0.05) is 4.90 Å². The molecule has 7 nitrogen and oxygen atoms in total. The lowest BCUT2D eigenvalue weighted by atomic mass is 10.2. The lowest BCUT2D eigenvalue weighted by Crippen LogP contribution is -2.26. The van der Waals surface area contributed by atoms with Crippen molar-refractivity contribution in [2.75, 3.05) is 12.3 Å². The van der Waals surface area contributed by atoms with Crippen LogP contribution in [-0.2, 0) is 4.74 Å². The molecule has 0 radical (unpaired) electrons. The average Bonchev–Trinajstić information content (AvgIpc) is 3.20. The highest BCUT2D eigenvalue weighted by atomic mass is 35.5. The van der Waals surface area contributed by atoms with Crippen LogP contribution in [0, 0.1) is 6.92 Å². The number of aliphatic hydroxyl groups excluding tert-OH is 1. The standard InChI is InChI=1S/C17H18ClN5O2S/c1-9-2-4-10(5-3-9)26-14-12(18)11(6-24)25-17(14)23-8-22-13-15(19)20-7-21-16(13)23/h2-5,7-8,11-12,14,17,24H,6H2,1H3,(H2,19,20,21)/t11-,12-,14+,17-/m1/s1. The monoisotopic (exact) mass is 391 g/mol. The molecule has 3 N–H and O–H groups in total. The van der Waals surface area contributed by atoms with Crippen LogP contribution in [0.2, 0.25) is 0 Å². The molecular formula is C17H18ClN5O2S. The molecule has 1 aliphatic rings. The van der Waals surface area contributed by atoms with Gasteiger partial charge in [-0.3, -0.25) is 4.57 Å². The Morgan fingerprint density at radius 1 is 1.27 bits per heavy atom. The average molecular weight is 392 g/mol. The number of aryl methyl sites for hydroxylation is 1. The quantitative estimate of drug-likeness (QED) is 0.658. The van der Waals surface area contributed by atoms with Crippen molar-refractivity contribution < 1.29 is 9.84 Å². The lowest BCUT2D eigenvalue weighted by Gasteiger charge is -2.21. The molecule has 3 aromatic rings. The molecule has 2 aromatic heterocycles. The van der Waals surface area contributed by atoms with E-state index in [1.165, 1.54) is 11.9 Å². The molecule has 9 heteroatoms. The largest absolute Gasteiger partial charge is 0.394 e. The fourth-order valence-corrected chi connectivity index (χ4v) is 4.66. The molecule has 4 atom stereocenters. The van der Waals surface area contributed by atoms with Crippen LogP contribution in [0.3, 0.4) is 0 Å². The van der Waals surface area contributed by atoms with Crippen LogP contribution >= 0.6 is 23.4 Å². The van der Waals surface area contributed by atoms with E-state index in [0.717, 1.165) is 4.90 Å². The molecule has 4 rings (SSSR count). The van der Waals surface area contributed by atoms with Gasteiger partial charge in [-0.15, -0.1) is 23.4 Å². The maximum Gasteiger partial charge on any atom is 0.167 e. The zero-order chi connectivity index (χ0) is 18.3. The minimum Gasteiger partial charge on any atom is -0.394 e. The Kier molecular flexibility index (Phi) is 4.74. The molecule has 0 spiro atoms. The van der Waals surface area contributed by atoms with Gasteiger partial charge in [0.2, 0.25) is 0 Å². The highest BCUT2D eigenvalue weighted by molar-refractivity contribution is 8.00. The van der Waals surface area contributed by atoms with Gasteiger partial charge in [-0.25, -0.2) is 15.0 Å². The van der Waals surface area contributed by atoms with E-state index in [4.69, 9.17) is 22.1 Å². The van der Waals surface area contributed by atoms with Crippen LogP contribution in [-0.4, -0.2) is 48.0 Å². The lowest BCUT2D eigenvalue weighted by molar-refractivity contribution is -0.0189. The third-order valence-corrected chi connectivity index (χ3v) is 6.44. The number of halogens is 1. The second kappa shape index (κ2) is 7.03. The molecule has 0 aliphatic carbocycles. The van der Waals surface area contributed by atoms with Crippen LogP contribution in [0.1, 0.15) is 11.8 Å². The summed E-state index contributed by atoms with van der Waals surface area (Å²) in [7, 11) is 0. The van der Waals surface area contributed by atoms with Gasteiger partial charge in [-0.05, 0) is 19.1 Å². The van der Waals surface area contributed by atoms with Gasteiger partial charge >= 0.3 is 0 Å². The predicted octanol–water partition coefficient (Wildman–Crippen LogP) is 2.37. The van der Waals surface area contributed by atoms with Crippen molar-refractivity contribution in [2.24, 2.45) is 0 Å². The fraction of sp³-hybridized carbons (Fsp3) is 0.353. The summed E-state index contributed by atoms with van der Waals surface area (Å²) in [6, 6.07) is 8.22. The number of rotatable bonds is 4. The minimum absolute atomic E-state index is 0.134. The molecule has 3 heterocycles. The summed E-state index contributed by atoms with van der Waals surface area (Å²) in [5.41, 5.74) is 8.18. The number of nitrogen functional groups attached to an aromatic ring is 1. The molecule has 1 aromatic carbocycles. The first kappa shape index (κ1) is 17.5. The van der Waals surface area contributed by atoms with Gasteiger partial charge < -0.3 is 15.6 Å². The number of nitrogens with two attached hydrogens (primary N) is 1. The van der Waals surface area contributed by atoms with E-state index in [2.05, 4.69) is 39.2 Å². The topological polar surface area (TPSA) is 99.1 Å². The number of benzene rings is 1. The van der Waals surface area contributed by atoms with Crippen LogP contribution in [0.4, 0.5) is 5.82 Å². The Balaban J connectivity index is 1.71. The molecule has 26 heavy (non-hydrogen) atoms. The Hall–Kier alpha value is -1.87. The summed E-state index contributed by atoms with van der Waals surface area (Å²) < 4.78 is 7.85. The van der Waals surface area contributed by atoms with Gasteiger partial charge in [-0.2, -0.15) is 0 Å². The van der Waals surface area contributed by atoms with Crippen LogP contribution in [0.5, 0.6) is 0 Å². The van der Waals surface area contributed by atoms with Crippen LogP contribution in [0.25, 0.3) is 11.2 Å². The smallest absolute Gasteiger partial charge is 0.167 e. The van der Waals surface area contributed by atoms with Gasteiger partial charge in [0.15, 0.2) is 17.7 Å². The maximum atomic E-state index is 9.64. The highest BCUT2D eigenvalue weighted by Crippen LogP contribution is 2.44. The number of thioether (sulfide) groups is 1. The molecule has 1 aliphatic heterocycles. The number of anilines is 1. The van der Waals surface area contributed by atoms with Crippen LogP contribution in [0.15, 0.2) is 41.8 Å². The van der Waals surface area contributed by atoms with Crippen molar-refractivity contribution in [3.05, 3.63) is 42.5 Å². The highest BCUT2D eigenvalue weighted by Gasteiger charge is 2.45. The summed E-state index contributed by atoms with van der Waals surface area (Å²) in [6.45, 7) is 1.89. The van der Waals surface area contributed by atoms with E-state index < -0.39 is 12.3 Å². The summed E-state index contributed by atoms with van der Waals surface area (Å²) in [4.78, 5) is 13.6. The Morgan fingerprint density at radius 2 is 2.04 bits per heavy atom. The molecule has 0 unspecified atom stereocenters. The number of aliphatic hydroxyl groups is 1. The van der Waals surface area contributed by atoms with E-state index in [0.29, 0.717) is 17.0 Å². The summed E-state index contributed by atoms with van der Waals surface area (Å²) in [6.07, 6.45) is 2.13. The molecule has 0 saturated carbocycles. The first-order valence-electron chi connectivity index (χ1n) is 8.15. The first-order valence-corrected chi connectivity index (χ1v) is 9.47. The number of hydrogen-bond acceptors (Lipinski definition) is 7. The zero-order valence-corrected chi connectivity index (χ0v) is 15.6. The second-order valence-electron chi connectivity index (χ2n) is 6.17. The van der Waals surface area contributed by atoms with Gasteiger partial charge in [0.1, 0.15) is 17.9 Å². The molecule has 136 valence electrons. The molecule has 1 fully saturated rings. The van der Waals surface area contributed by atoms with Crippen molar-refractivity contribution in [1.29, 1.82) is 0 Å². The Bertz CT molecular complexity index is 919. The van der Waals surface area contributed by atoms with Crippen molar-refractivity contribution in [3.8, 4) is 0 Å². The molecule has 0 amide bonds. The van der Waals surface area contributed by atoms with Crippen LogP contribution < -0.4 is 5.73 Å². The van der Waals surface area contributed by atoms with Crippen molar-refractivity contribution in [1.82, 2.24) is 19.5 Å². The number of nitrogens with zero attached hydrogens (tertiary/aromatic N) is 4. The maximum absolute atomic E-state index is 9.64. The van der Waals surface area contributed by atoms with Crippen molar-refractivity contribution >= 4 is 40.3 Å². The van der Waals surface area contributed by atoms with Crippen molar-refractivity contribution in [2.45, 2.75) is 34.8 Å². The number of hydrogen-bond donors (Lipinski definition) is 2. The van der Waals surface area contributed by atoms with E-state index >= 15 is 0 Å². The summed E-state index contributed by atoms with van der Waals surface area (Å²) in [5, 5.41) is 9.14. The molecular weight excluding hydrogens is 374 g/mol. The third-order valence-electron chi connectivity index (χ3n) is 4.40. The number of fused-ring (bicyclic) bond motifs is 1. The summed E-state index contributed by atoms with van der Waals surface area (Å²) >= 11 is 8.24. The fourth-order valence-electron chi connectivity index (χ4n) is 3.02. The summed E-state index contributed by atoms with van der Waals surface area (Å²) in [5.74, 6) is 0.315. The number of alkyl halides is 1. The minimum atomic E-state index is -0.471. The van der Waals surface area contributed by atoms with Gasteiger partial charge in [-0.1, -0.05) is 17.7 Å². The van der Waals surface area contributed by atoms with Gasteiger partial charge in [0.25, 0.3) is 0 Å². The van der Waals surface area contributed by atoms with E-state index in [1.54, 1.807) is 18.1 Å². The SMILES string of the molecule is Cc1ccc(S[C@H]2[C@H](Cl)[C@@H](CO)O[C@H]2n2cnc3c(N)ncnc32)cc1. The van der Waals surface area contributed by atoms with E-state index in [-0.39, 0.29) is 17.2 Å². The number of imidazole rings is 1. The first-order chi connectivity index (χ1) is 12.6.